The fraction of sp³-hybridized carbons (Fsp3) is 0.333. The van der Waals surface area contributed by atoms with Gasteiger partial charge in [-0.1, -0.05) is 12.1 Å². The fourth-order valence-electron chi connectivity index (χ4n) is 1.13. The number of rotatable bonds is 4. The molecule has 1 aromatic rings. The van der Waals surface area contributed by atoms with E-state index in [0.29, 0.717) is 11.3 Å². The molecule has 3 heteroatoms. The highest BCUT2D eigenvalue weighted by Gasteiger charge is 2.13. The van der Waals surface area contributed by atoms with Crippen LogP contribution < -0.4 is 4.74 Å². The van der Waals surface area contributed by atoms with Crippen molar-refractivity contribution in [2.24, 2.45) is 0 Å². The summed E-state index contributed by atoms with van der Waals surface area (Å²) in [7, 11) is 0. The lowest BCUT2D eigenvalue weighted by Crippen LogP contribution is -2.21. The van der Waals surface area contributed by atoms with Gasteiger partial charge in [-0.15, -0.1) is 0 Å². The molecule has 0 amide bonds. The van der Waals surface area contributed by atoms with E-state index in [1.165, 1.54) is 13.8 Å². The summed E-state index contributed by atoms with van der Waals surface area (Å²) in [5.41, 5.74) is 0.505. The molecule has 1 unspecified atom stereocenters. The Morgan fingerprint density at radius 2 is 1.80 bits per heavy atom. The first-order chi connectivity index (χ1) is 7.02. The first-order valence-corrected chi connectivity index (χ1v) is 4.79. The lowest BCUT2D eigenvalue weighted by atomic mass is 10.1. The van der Waals surface area contributed by atoms with Crippen LogP contribution in [0.25, 0.3) is 0 Å². The second-order valence-electron chi connectivity index (χ2n) is 3.42. The van der Waals surface area contributed by atoms with Gasteiger partial charge in [0.25, 0.3) is 0 Å². The van der Waals surface area contributed by atoms with Crippen LogP contribution in [0.15, 0.2) is 24.3 Å². The minimum atomic E-state index is -0.523. The number of benzene rings is 1. The van der Waals surface area contributed by atoms with E-state index in [0.717, 1.165) is 0 Å². The molecule has 0 radical (unpaired) electrons. The zero-order valence-electron chi connectivity index (χ0n) is 9.11. The van der Waals surface area contributed by atoms with Gasteiger partial charge in [0.05, 0.1) is 5.56 Å². The van der Waals surface area contributed by atoms with Crippen molar-refractivity contribution in [3.63, 3.8) is 0 Å². The van der Waals surface area contributed by atoms with Crippen LogP contribution in [-0.4, -0.2) is 17.7 Å². The van der Waals surface area contributed by atoms with Crippen molar-refractivity contribution in [2.45, 2.75) is 26.9 Å². The van der Waals surface area contributed by atoms with Crippen LogP contribution >= 0.6 is 0 Å². The van der Waals surface area contributed by atoms with Crippen molar-refractivity contribution in [3.8, 4) is 5.75 Å². The van der Waals surface area contributed by atoms with Gasteiger partial charge in [0.1, 0.15) is 5.75 Å². The van der Waals surface area contributed by atoms with Crippen LogP contribution in [0, 0.1) is 0 Å². The minimum absolute atomic E-state index is 0.0617. The Labute approximate surface area is 89.1 Å². The molecule has 1 atom stereocenters. The van der Waals surface area contributed by atoms with E-state index in [-0.39, 0.29) is 11.6 Å². The molecule has 0 fully saturated rings. The number of hydrogen-bond donors (Lipinski definition) is 0. The first kappa shape index (κ1) is 11.4. The van der Waals surface area contributed by atoms with Crippen LogP contribution in [0.5, 0.6) is 5.75 Å². The summed E-state index contributed by atoms with van der Waals surface area (Å²) < 4.78 is 5.40. The van der Waals surface area contributed by atoms with Gasteiger partial charge in [0.2, 0.25) is 0 Å². The van der Waals surface area contributed by atoms with Crippen LogP contribution in [0.4, 0.5) is 0 Å². The number of ether oxygens (including phenoxy) is 1. The Morgan fingerprint density at radius 1 is 1.20 bits per heavy atom. The van der Waals surface area contributed by atoms with E-state index in [4.69, 9.17) is 4.74 Å². The number of carbonyl (C=O) groups is 2. The standard InChI is InChI=1S/C12H14O3/c1-8(13)10(3)15-12-7-5-4-6-11(12)9(2)14/h4-7,10H,1-3H3. The number of hydrogen-bond acceptors (Lipinski definition) is 3. The van der Waals surface area contributed by atoms with E-state index < -0.39 is 6.10 Å². The maximum atomic E-state index is 11.3. The van der Waals surface area contributed by atoms with Gasteiger partial charge in [0.15, 0.2) is 17.7 Å². The quantitative estimate of drug-likeness (QED) is 0.709. The Balaban J connectivity index is 2.94. The molecule has 0 aliphatic rings. The smallest absolute Gasteiger partial charge is 0.169 e. The van der Waals surface area contributed by atoms with Crippen molar-refractivity contribution in [3.05, 3.63) is 29.8 Å². The van der Waals surface area contributed by atoms with E-state index in [2.05, 4.69) is 0 Å². The molecule has 0 aromatic heterocycles. The summed E-state index contributed by atoms with van der Waals surface area (Å²) in [6.07, 6.45) is -0.523. The van der Waals surface area contributed by atoms with Crippen LogP contribution in [0.2, 0.25) is 0 Å². The normalized spacial score (nSPS) is 11.9. The van der Waals surface area contributed by atoms with E-state index in [9.17, 15) is 9.59 Å². The SMILES string of the molecule is CC(=O)c1ccccc1OC(C)C(C)=O. The molecule has 0 saturated carbocycles. The molecule has 0 saturated heterocycles. The van der Waals surface area contributed by atoms with Crippen molar-refractivity contribution < 1.29 is 14.3 Å². The largest absolute Gasteiger partial charge is 0.482 e. The zero-order valence-corrected chi connectivity index (χ0v) is 9.11. The summed E-state index contributed by atoms with van der Waals surface area (Å²) >= 11 is 0. The average molecular weight is 206 g/mol. The number of para-hydroxylation sites is 1. The highest BCUT2D eigenvalue weighted by Crippen LogP contribution is 2.19. The van der Waals surface area contributed by atoms with Gasteiger partial charge in [-0.25, -0.2) is 0 Å². The van der Waals surface area contributed by atoms with E-state index >= 15 is 0 Å². The van der Waals surface area contributed by atoms with Crippen molar-refractivity contribution in [1.82, 2.24) is 0 Å². The van der Waals surface area contributed by atoms with Gasteiger partial charge < -0.3 is 4.74 Å². The van der Waals surface area contributed by atoms with Gasteiger partial charge in [-0.2, -0.15) is 0 Å². The Kier molecular flexibility index (Phi) is 3.61. The van der Waals surface area contributed by atoms with Crippen molar-refractivity contribution in [1.29, 1.82) is 0 Å². The molecule has 0 aliphatic heterocycles. The molecular weight excluding hydrogens is 192 g/mol. The van der Waals surface area contributed by atoms with Crippen LogP contribution in [-0.2, 0) is 4.79 Å². The molecular formula is C12H14O3. The third kappa shape index (κ3) is 2.91. The Hall–Kier alpha value is -1.64. The third-order valence-corrected chi connectivity index (χ3v) is 2.14. The fourth-order valence-corrected chi connectivity index (χ4v) is 1.13. The van der Waals surface area contributed by atoms with Gasteiger partial charge in [0, 0.05) is 0 Å². The van der Waals surface area contributed by atoms with Crippen LogP contribution in [0.3, 0.4) is 0 Å². The topological polar surface area (TPSA) is 43.4 Å². The molecule has 3 nitrogen and oxygen atoms in total. The third-order valence-electron chi connectivity index (χ3n) is 2.14. The van der Waals surface area contributed by atoms with Gasteiger partial charge in [-0.3, -0.25) is 9.59 Å². The zero-order chi connectivity index (χ0) is 11.4. The first-order valence-electron chi connectivity index (χ1n) is 4.79. The molecule has 0 spiro atoms. The second kappa shape index (κ2) is 4.73. The highest BCUT2D eigenvalue weighted by atomic mass is 16.5. The molecule has 0 bridgehead atoms. The summed E-state index contributed by atoms with van der Waals surface area (Å²) in [5, 5.41) is 0. The maximum Gasteiger partial charge on any atom is 0.169 e. The number of ketones is 2. The number of carbonyl (C=O) groups excluding carboxylic acids is 2. The summed E-state index contributed by atoms with van der Waals surface area (Å²) in [4.78, 5) is 22.3. The lowest BCUT2D eigenvalue weighted by Gasteiger charge is -2.13. The molecule has 0 N–H and O–H groups in total. The molecule has 0 aliphatic carbocycles. The summed E-state index contributed by atoms with van der Waals surface area (Å²) in [6.45, 7) is 4.60. The van der Waals surface area contributed by atoms with E-state index in [1.54, 1.807) is 31.2 Å². The van der Waals surface area contributed by atoms with Crippen molar-refractivity contribution >= 4 is 11.6 Å². The highest BCUT2D eigenvalue weighted by molar-refractivity contribution is 5.96. The second-order valence-corrected chi connectivity index (χ2v) is 3.42. The van der Waals surface area contributed by atoms with Gasteiger partial charge in [-0.05, 0) is 32.9 Å². The van der Waals surface area contributed by atoms with Crippen LogP contribution in [0.1, 0.15) is 31.1 Å². The Bertz CT molecular complexity index is 382. The molecule has 1 rings (SSSR count). The van der Waals surface area contributed by atoms with Gasteiger partial charge >= 0.3 is 0 Å². The monoisotopic (exact) mass is 206 g/mol. The van der Waals surface area contributed by atoms with Crippen molar-refractivity contribution in [2.75, 3.05) is 0 Å². The predicted molar refractivity (Wildman–Crippen MR) is 57.2 cm³/mol. The molecule has 15 heavy (non-hydrogen) atoms. The summed E-state index contributed by atoms with van der Waals surface area (Å²) in [5.74, 6) is 0.336. The Morgan fingerprint density at radius 3 is 2.33 bits per heavy atom. The molecule has 80 valence electrons. The average Bonchev–Trinajstić information content (AvgIpc) is 2.18. The van der Waals surface area contributed by atoms with E-state index in [1.807, 2.05) is 0 Å². The maximum absolute atomic E-state index is 11.3. The molecule has 0 heterocycles. The number of Topliss-reactive ketones (excluding diaryl/α,β-unsaturated/α-hetero) is 2. The molecule has 1 aromatic carbocycles. The lowest BCUT2D eigenvalue weighted by molar-refractivity contribution is -0.122. The summed E-state index contributed by atoms with van der Waals surface area (Å²) in [6, 6.07) is 6.91. The predicted octanol–water partition coefficient (Wildman–Crippen LogP) is 2.25. The minimum Gasteiger partial charge on any atom is -0.482 e.